The maximum Gasteiger partial charge on any atom is 0.304 e. The standard InChI is InChI=1S/C15H23NO3Si/c1-11(17)18-15-10-13(16(2)19-15)12-8-6-7-9-14(12)20(3,4)5/h6-9,13,15H,10H2,1-5H3/t13-,15+/m0/s1. The highest BCUT2D eigenvalue weighted by atomic mass is 28.3. The van der Waals surface area contributed by atoms with Crippen LogP contribution in [0.25, 0.3) is 0 Å². The first-order valence-electron chi connectivity index (χ1n) is 6.95. The second kappa shape index (κ2) is 5.67. The van der Waals surface area contributed by atoms with E-state index >= 15 is 0 Å². The van der Waals surface area contributed by atoms with E-state index in [9.17, 15) is 4.79 Å². The Morgan fingerprint density at radius 1 is 1.35 bits per heavy atom. The van der Waals surface area contributed by atoms with Crippen LogP contribution in [0.15, 0.2) is 24.3 Å². The number of carbonyl (C=O) groups excluding carboxylic acids is 1. The minimum absolute atomic E-state index is 0.141. The number of benzene rings is 1. The quantitative estimate of drug-likeness (QED) is 0.634. The summed E-state index contributed by atoms with van der Waals surface area (Å²) in [5, 5.41) is 3.25. The Hall–Kier alpha value is -1.17. The summed E-state index contributed by atoms with van der Waals surface area (Å²) in [6.07, 6.45) is 0.203. The van der Waals surface area contributed by atoms with Crippen molar-refractivity contribution in [3.8, 4) is 0 Å². The van der Waals surface area contributed by atoms with Crippen LogP contribution >= 0.6 is 0 Å². The molecule has 0 aromatic heterocycles. The fraction of sp³-hybridized carbons (Fsp3) is 0.533. The van der Waals surface area contributed by atoms with E-state index < -0.39 is 14.4 Å². The molecular formula is C15H23NO3Si. The van der Waals surface area contributed by atoms with Gasteiger partial charge in [0.2, 0.25) is 6.29 Å². The number of hydroxylamine groups is 2. The van der Waals surface area contributed by atoms with E-state index in [1.54, 1.807) is 0 Å². The zero-order chi connectivity index (χ0) is 14.9. The summed E-state index contributed by atoms with van der Waals surface area (Å²) in [6, 6.07) is 8.67. The molecule has 1 heterocycles. The lowest BCUT2D eigenvalue weighted by Crippen LogP contribution is -2.41. The highest BCUT2D eigenvalue weighted by Gasteiger charge is 2.36. The van der Waals surface area contributed by atoms with Crippen molar-refractivity contribution in [3.05, 3.63) is 29.8 Å². The summed E-state index contributed by atoms with van der Waals surface area (Å²) in [5.41, 5.74) is 1.30. The minimum atomic E-state index is -1.42. The van der Waals surface area contributed by atoms with Gasteiger partial charge in [-0.2, -0.15) is 5.06 Å². The van der Waals surface area contributed by atoms with Gasteiger partial charge in [-0.3, -0.25) is 9.63 Å². The average Bonchev–Trinajstić information content (AvgIpc) is 2.68. The number of esters is 1. The Labute approximate surface area is 121 Å². The summed E-state index contributed by atoms with van der Waals surface area (Å²) >= 11 is 0. The molecular weight excluding hydrogens is 270 g/mol. The molecule has 1 aliphatic heterocycles. The van der Waals surface area contributed by atoms with E-state index in [0.29, 0.717) is 6.42 Å². The molecule has 0 N–H and O–H groups in total. The highest BCUT2D eigenvalue weighted by Crippen LogP contribution is 2.33. The van der Waals surface area contributed by atoms with Gasteiger partial charge >= 0.3 is 5.97 Å². The van der Waals surface area contributed by atoms with Crippen molar-refractivity contribution in [1.29, 1.82) is 0 Å². The number of carbonyl (C=O) groups is 1. The number of rotatable bonds is 3. The molecule has 1 saturated heterocycles. The number of hydrogen-bond donors (Lipinski definition) is 0. The van der Waals surface area contributed by atoms with Crippen molar-refractivity contribution in [2.45, 2.75) is 45.3 Å². The monoisotopic (exact) mass is 293 g/mol. The maximum absolute atomic E-state index is 11.1. The van der Waals surface area contributed by atoms with Gasteiger partial charge in [-0.25, -0.2) is 0 Å². The summed E-state index contributed by atoms with van der Waals surface area (Å²) < 4.78 is 5.17. The zero-order valence-corrected chi connectivity index (χ0v) is 13.8. The van der Waals surface area contributed by atoms with E-state index in [2.05, 4.69) is 43.9 Å². The Balaban J connectivity index is 2.26. The van der Waals surface area contributed by atoms with Gasteiger partial charge < -0.3 is 4.74 Å². The summed E-state index contributed by atoms with van der Waals surface area (Å²) in [4.78, 5) is 16.7. The molecule has 2 rings (SSSR count). The third kappa shape index (κ3) is 3.28. The molecule has 1 aromatic rings. The van der Waals surface area contributed by atoms with Crippen LogP contribution < -0.4 is 5.19 Å². The van der Waals surface area contributed by atoms with Crippen LogP contribution in [0.4, 0.5) is 0 Å². The fourth-order valence-electron chi connectivity index (χ4n) is 2.68. The minimum Gasteiger partial charge on any atom is -0.434 e. The van der Waals surface area contributed by atoms with Gasteiger partial charge in [-0.15, -0.1) is 0 Å². The Bertz CT molecular complexity index is 498. The predicted octanol–water partition coefficient (Wildman–Crippen LogP) is 2.43. The van der Waals surface area contributed by atoms with Gasteiger partial charge in [0.15, 0.2) is 0 Å². The van der Waals surface area contributed by atoms with Crippen LogP contribution in [-0.4, -0.2) is 32.4 Å². The molecule has 0 spiro atoms. The third-order valence-electron chi connectivity index (χ3n) is 3.56. The molecule has 0 radical (unpaired) electrons. The van der Waals surface area contributed by atoms with Crippen LogP contribution in [0, 0.1) is 0 Å². The molecule has 1 aliphatic rings. The van der Waals surface area contributed by atoms with E-state index in [1.807, 2.05) is 12.1 Å². The second-order valence-corrected chi connectivity index (χ2v) is 11.3. The molecule has 1 aromatic carbocycles. The first-order valence-corrected chi connectivity index (χ1v) is 10.5. The molecule has 0 aliphatic carbocycles. The lowest BCUT2D eigenvalue weighted by atomic mass is 10.0. The Morgan fingerprint density at radius 2 is 2.00 bits per heavy atom. The lowest BCUT2D eigenvalue weighted by molar-refractivity contribution is -0.225. The van der Waals surface area contributed by atoms with E-state index in [-0.39, 0.29) is 12.0 Å². The molecule has 20 heavy (non-hydrogen) atoms. The summed E-state index contributed by atoms with van der Waals surface area (Å²) in [6.45, 7) is 8.42. The van der Waals surface area contributed by atoms with Gasteiger partial charge in [0, 0.05) is 20.4 Å². The van der Waals surface area contributed by atoms with Crippen LogP contribution in [0.1, 0.15) is 24.9 Å². The topological polar surface area (TPSA) is 38.8 Å². The first kappa shape index (κ1) is 15.2. The zero-order valence-electron chi connectivity index (χ0n) is 12.8. The van der Waals surface area contributed by atoms with E-state index in [1.165, 1.54) is 17.7 Å². The molecule has 4 nitrogen and oxygen atoms in total. The number of nitrogens with zero attached hydrogens (tertiary/aromatic N) is 1. The Morgan fingerprint density at radius 3 is 2.60 bits per heavy atom. The van der Waals surface area contributed by atoms with Crippen molar-refractivity contribution in [3.63, 3.8) is 0 Å². The SMILES string of the molecule is CC(=O)O[C@H]1C[C@@H](c2ccccc2[Si](C)(C)C)N(C)O1. The molecule has 0 amide bonds. The highest BCUT2D eigenvalue weighted by molar-refractivity contribution is 6.89. The molecule has 0 bridgehead atoms. The summed E-state index contributed by atoms with van der Waals surface area (Å²) in [7, 11) is 0.479. The molecule has 2 atom stereocenters. The van der Waals surface area contributed by atoms with Gasteiger partial charge in [0.1, 0.15) is 0 Å². The van der Waals surface area contributed by atoms with E-state index in [0.717, 1.165) is 0 Å². The van der Waals surface area contributed by atoms with Crippen LogP contribution in [0.3, 0.4) is 0 Å². The van der Waals surface area contributed by atoms with Gasteiger partial charge in [-0.05, 0) is 5.56 Å². The fourth-order valence-corrected chi connectivity index (χ4v) is 4.39. The second-order valence-electron chi connectivity index (χ2n) is 6.28. The van der Waals surface area contributed by atoms with Crippen molar-refractivity contribution in [2.75, 3.05) is 7.05 Å². The van der Waals surface area contributed by atoms with Crippen molar-refractivity contribution < 1.29 is 14.4 Å². The normalized spacial score (nSPS) is 23.9. The largest absolute Gasteiger partial charge is 0.434 e. The number of hydrogen-bond acceptors (Lipinski definition) is 4. The third-order valence-corrected chi connectivity index (χ3v) is 5.64. The first-order chi connectivity index (χ1) is 9.29. The molecule has 1 fully saturated rings. The molecule has 0 saturated carbocycles. The van der Waals surface area contributed by atoms with Crippen LogP contribution in [0.2, 0.25) is 19.6 Å². The van der Waals surface area contributed by atoms with E-state index in [4.69, 9.17) is 9.57 Å². The molecule has 110 valence electrons. The molecule has 5 heteroatoms. The van der Waals surface area contributed by atoms with Crippen molar-refractivity contribution >= 4 is 19.2 Å². The predicted molar refractivity (Wildman–Crippen MR) is 81.2 cm³/mol. The lowest BCUT2D eigenvalue weighted by Gasteiger charge is -2.26. The van der Waals surface area contributed by atoms with Crippen LogP contribution in [-0.2, 0) is 14.4 Å². The van der Waals surface area contributed by atoms with Crippen molar-refractivity contribution in [1.82, 2.24) is 5.06 Å². The smallest absolute Gasteiger partial charge is 0.304 e. The maximum atomic E-state index is 11.1. The van der Waals surface area contributed by atoms with Crippen LogP contribution in [0.5, 0.6) is 0 Å². The van der Waals surface area contributed by atoms with Gasteiger partial charge in [-0.1, -0.05) is 49.1 Å². The molecule has 0 unspecified atom stereocenters. The van der Waals surface area contributed by atoms with Gasteiger partial charge in [0.05, 0.1) is 14.1 Å². The Kier molecular flexibility index (Phi) is 4.32. The van der Waals surface area contributed by atoms with Gasteiger partial charge in [0.25, 0.3) is 0 Å². The summed E-state index contributed by atoms with van der Waals surface area (Å²) in [5.74, 6) is -0.303. The number of ether oxygens (including phenoxy) is 1. The average molecular weight is 293 g/mol. The van der Waals surface area contributed by atoms with Crippen molar-refractivity contribution in [2.24, 2.45) is 0 Å².